The first-order valence-electron chi connectivity index (χ1n) is 2.87. The van der Waals surface area contributed by atoms with Crippen LogP contribution in [-0.4, -0.2) is 12.6 Å². The highest BCUT2D eigenvalue weighted by atomic mass is 79.9. The molecule has 0 saturated heterocycles. The van der Waals surface area contributed by atoms with E-state index in [1.807, 2.05) is 0 Å². The summed E-state index contributed by atoms with van der Waals surface area (Å²) in [5.74, 6) is 0. The standard InChI is InChI=1S/C6H10BrN/c1-5-2-3-6(7)4-8-5/h3,5,8H,2,4H2,1H3. The molecule has 0 saturated carbocycles. The molecule has 1 aliphatic rings. The van der Waals surface area contributed by atoms with Gasteiger partial charge in [-0.3, -0.25) is 0 Å². The Morgan fingerprint density at radius 1 is 1.88 bits per heavy atom. The molecule has 0 aromatic heterocycles. The van der Waals surface area contributed by atoms with E-state index in [0.717, 1.165) is 13.0 Å². The zero-order chi connectivity index (χ0) is 5.98. The first-order valence-corrected chi connectivity index (χ1v) is 3.66. The van der Waals surface area contributed by atoms with Crippen LogP contribution in [0.15, 0.2) is 10.6 Å². The number of hydrogen-bond donors (Lipinski definition) is 1. The van der Waals surface area contributed by atoms with Crippen LogP contribution in [-0.2, 0) is 0 Å². The third-order valence-electron chi connectivity index (χ3n) is 1.31. The molecule has 0 fully saturated rings. The van der Waals surface area contributed by atoms with Crippen LogP contribution in [0.5, 0.6) is 0 Å². The largest absolute Gasteiger partial charge is 0.309 e. The van der Waals surface area contributed by atoms with Crippen molar-refractivity contribution in [2.75, 3.05) is 6.54 Å². The van der Waals surface area contributed by atoms with Gasteiger partial charge < -0.3 is 5.32 Å². The number of hydrogen-bond acceptors (Lipinski definition) is 1. The van der Waals surface area contributed by atoms with Crippen molar-refractivity contribution in [1.82, 2.24) is 5.32 Å². The fourth-order valence-corrected chi connectivity index (χ4v) is 1.08. The van der Waals surface area contributed by atoms with Crippen LogP contribution < -0.4 is 5.32 Å². The van der Waals surface area contributed by atoms with Crippen LogP contribution >= 0.6 is 15.9 Å². The van der Waals surface area contributed by atoms with Crippen molar-refractivity contribution in [1.29, 1.82) is 0 Å². The quantitative estimate of drug-likeness (QED) is 0.591. The first-order chi connectivity index (χ1) is 3.79. The van der Waals surface area contributed by atoms with Crippen LogP contribution in [0.1, 0.15) is 13.3 Å². The van der Waals surface area contributed by atoms with Gasteiger partial charge in [-0.05, 0) is 13.3 Å². The molecule has 1 atom stereocenters. The molecule has 1 N–H and O–H groups in total. The van der Waals surface area contributed by atoms with Crippen molar-refractivity contribution in [3.05, 3.63) is 10.6 Å². The van der Waals surface area contributed by atoms with Gasteiger partial charge in [-0.25, -0.2) is 0 Å². The van der Waals surface area contributed by atoms with E-state index < -0.39 is 0 Å². The maximum absolute atomic E-state index is 3.41. The van der Waals surface area contributed by atoms with Gasteiger partial charge in [0.15, 0.2) is 0 Å². The fourth-order valence-electron chi connectivity index (χ4n) is 0.732. The Morgan fingerprint density at radius 3 is 3.00 bits per heavy atom. The molecular formula is C6H10BrN. The number of nitrogens with one attached hydrogen (secondary N) is 1. The lowest BCUT2D eigenvalue weighted by atomic mass is 10.2. The third-order valence-corrected chi connectivity index (χ3v) is 1.92. The molecule has 0 spiro atoms. The van der Waals surface area contributed by atoms with Gasteiger partial charge in [0, 0.05) is 17.1 Å². The molecule has 0 radical (unpaired) electrons. The van der Waals surface area contributed by atoms with E-state index in [1.54, 1.807) is 0 Å². The lowest BCUT2D eigenvalue weighted by Crippen LogP contribution is -2.29. The van der Waals surface area contributed by atoms with Crippen molar-refractivity contribution in [3.63, 3.8) is 0 Å². The highest BCUT2D eigenvalue weighted by Gasteiger charge is 2.04. The lowest BCUT2D eigenvalue weighted by molar-refractivity contribution is 0.568. The van der Waals surface area contributed by atoms with Gasteiger partial charge in [0.2, 0.25) is 0 Å². The van der Waals surface area contributed by atoms with Gasteiger partial charge in [-0.1, -0.05) is 22.0 Å². The average molecular weight is 176 g/mol. The summed E-state index contributed by atoms with van der Waals surface area (Å²) in [6.45, 7) is 3.19. The lowest BCUT2D eigenvalue weighted by Gasteiger charge is -2.16. The van der Waals surface area contributed by atoms with E-state index in [2.05, 4.69) is 34.2 Å². The molecule has 1 nitrogen and oxygen atoms in total. The second kappa shape index (κ2) is 2.65. The minimum absolute atomic E-state index is 0.663. The van der Waals surface area contributed by atoms with Gasteiger partial charge in [-0.2, -0.15) is 0 Å². The highest BCUT2D eigenvalue weighted by Crippen LogP contribution is 2.10. The normalized spacial score (nSPS) is 29.8. The Hall–Kier alpha value is 0.180. The summed E-state index contributed by atoms with van der Waals surface area (Å²) in [5.41, 5.74) is 0. The van der Waals surface area contributed by atoms with Gasteiger partial charge in [-0.15, -0.1) is 0 Å². The van der Waals surface area contributed by atoms with E-state index in [9.17, 15) is 0 Å². The van der Waals surface area contributed by atoms with Crippen LogP contribution in [0.25, 0.3) is 0 Å². The van der Waals surface area contributed by atoms with Crippen LogP contribution in [0, 0.1) is 0 Å². The zero-order valence-electron chi connectivity index (χ0n) is 4.95. The Morgan fingerprint density at radius 2 is 2.62 bits per heavy atom. The highest BCUT2D eigenvalue weighted by molar-refractivity contribution is 9.11. The summed E-state index contributed by atoms with van der Waals surface area (Å²) in [5, 5.41) is 3.32. The summed E-state index contributed by atoms with van der Waals surface area (Å²) >= 11 is 3.41. The molecule has 1 rings (SSSR count). The number of rotatable bonds is 0. The topological polar surface area (TPSA) is 12.0 Å². The van der Waals surface area contributed by atoms with Gasteiger partial charge in [0.25, 0.3) is 0 Å². The molecule has 0 bridgehead atoms. The first kappa shape index (κ1) is 6.30. The Kier molecular flexibility index (Phi) is 2.08. The van der Waals surface area contributed by atoms with E-state index in [0.29, 0.717) is 6.04 Å². The summed E-state index contributed by atoms with van der Waals surface area (Å²) in [4.78, 5) is 0. The van der Waals surface area contributed by atoms with Crippen LogP contribution in [0.3, 0.4) is 0 Å². The molecule has 0 amide bonds. The van der Waals surface area contributed by atoms with E-state index in [1.165, 1.54) is 4.48 Å². The third kappa shape index (κ3) is 1.60. The van der Waals surface area contributed by atoms with Gasteiger partial charge >= 0.3 is 0 Å². The summed E-state index contributed by atoms with van der Waals surface area (Å²) in [7, 11) is 0. The average Bonchev–Trinajstić information content (AvgIpc) is 1.77. The maximum Gasteiger partial charge on any atom is 0.0271 e. The molecule has 1 heterocycles. The molecule has 46 valence electrons. The van der Waals surface area contributed by atoms with E-state index in [-0.39, 0.29) is 0 Å². The molecule has 1 aliphatic heterocycles. The monoisotopic (exact) mass is 175 g/mol. The minimum atomic E-state index is 0.663. The summed E-state index contributed by atoms with van der Waals surface area (Å²) < 4.78 is 1.29. The van der Waals surface area contributed by atoms with Gasteiger partial charge in [0.1, 0.15) is 0 Å². The SMILES string of the molecule is CC1CC=C(Br)CN1. The Bertz CT molecular complexity index is 109. The molecule has 1 unspecified atom stereocenters. The zero-order valence-corrected chi connectivity index (χ0v) is 6.53. The van der Waals surface area contributed by atoms with Crippen molar-refractivity contribution in [2.45, 2.75) is 19.4 Å². The van der Waals surface area contributed by atoms with E-state index in [4.69, 9.17) is 0 Å². The molecule has 0 aromatic carbocycles. The summed E-state index contributed by atoms with van der Waals surface area (Å²) in [6.07, 6.45) is 3.38. The van der Waals surface area contributed by atoms with E-state index >= 15 is 0 Å². The molecule has 0 aromatic rings. The minimum Gasteiger partial charge on any atom is -0.309 e. The smallest absolute Gasteiger partial charge is 0.0271 e. The van der Waals surface area contributed by atoms with Crippen molar-refractivity contribution >= 4 is 15.9 Å². The van der Waals surface area contributed by atoms with Gasteiger partial charge in [0.05, 0.1) is 0 Å². The van der Waals surface area contributed by atoms with Crippen molar-refractivity contribution in [2.24, 2.45) is 0 Å². The second-order valence-electron chi connectivity index (χ2n) is 2.17. The predicted molar refractivity (Wildman–Crippen MR) is 39.1 cm³/mol. The Balaban J connectivity index is 2.42. The molecule has 0 aliphatic carbocycles. The predicted octanol–water partition coefficient (Wildman–Crippen LogP) is 1.65. The second-order valence-corrected chi connectivity index (χ2v) is 3.19. The van der Waals surface area contributed by atoms with Crippen LogP contribution in [0.2, 0.25) is 0 Å². The van der Waals surface area contributed by atoms with Crippen LogP contribution in [0.4, 0.5) is 0 Å². The molecule has 8 heavy (non-hydrogen) atoms. The van der Waals surface area contributed by atoms with Crippen molar-refractivity contribution in [3.8, 4) is 0 Å². The molecular weight excluding hydrogens is 166 g/mol. The summed E-state index contributed by atoms with van der Waals surface area (Å²) in [6, 6.07) is 0.663. The fraction of sp³-hybridized carbons (Fsp3) is 0.667. The Labute approximate surface area is 58.3 Å². The van der Waals surface area contributed by atoms with Crippen molar-refractivity contribution < 1.29 is 0 Å². The molecule has 2 heteroatoms. The maximum atomic E-state index is 3.41. The number of halogens is 1.